The molecule has 3 rings (SSSR count). The van der Waals surface area contributed by atoms with Crippen molar-refractivity contribution in [3.63, 3.8) is 0 Å². The first kappa shape index (κ1) is 23.4. The highest BCUT2D eigenvalue weighted by molar-refractivity contribution is 8.00. The predicted molar refractivity (Wildman–Crippen MR) is 128 cm³/mol. The van der Waals surface area contributed by atoms with Gasteiger partial charge in [-0.25, -0.2) is 5.43 Å². The topological polar surface area (TPSA) is 104 Å². The number of carbonyl (C=O) groups is 1. The molecule has 0 aliphatic carbocycles. The summed E-state index contributed by atoms with van der Waals surface area (Å²) in [5, 5.41) is 26.2. The first-order chi connectivity index (χ1) is 15.5. The standard InChI is InChI=1S/C22H23ClN6O2S/c1-3-12-29-20(14-24-18-10-8-17(23)9-11-18)26-28-22(29)32-15(2)21(31)27-25-13-16-6-4-5-7-19(16)30/h3-11,13,15,24,30H,1,12,14H2,2H3,(H,27,31)/t15-/m0/s1. The second-order valence-electron chi connectivity index (χ2n) is 6.71. The summed E-state index contributed by atoms with van der Waals surface area (Å²) < 4.78 is 1.90. The Bertz CT molecular complexity index is 1100. The van der Waals surface area contributed by atoms with E-state index in [-0.39, 0.29) is 11.7 Å². The van der Waals surface area contributed by atoms with Crippen LogP contribution in [0.2, 0.25) is 5.02 Å². The Hall–Kier alpha value is -3.30. The van der Waals surface area contributed by atoms with Gasteiger partial charge in [-0.1, -0.05) is 41.6 Å². The Morgan fingerprint density at radius 1 is 1.28 bits per heavy atom. The second-order valence-corrected chi connectivity index (χ2v) is 8.46. The zero-order chi connectivity index (χ0) is 22.9. The molecule has 166 valence electrons. The summed E-state index contributed by atoms with van der Waals surface area (Å²) in [4.78, 5) is 12.4. The summed E-state index contributed by atoms with van der Waals surface area (Å²) in [6.07, 6.45) is 3.14. The van der Waals surface area contributed by atoms with E-state index in [1.54, 1.807) is 37.3 Å². The van der Waals surface area contributed by atoms with Crippen molar-refractivity contribution >= 4 is 41.2 Å². The van der Waals surface area contributed by atoms with E-state index in [1.165, 1.54) is 18.0 Å². The van der Waals surface area contributed by atoms with Crippen LogP contribution in [0.5, 0.6) is 5.75 Å². The molecular weight excluding hydrogens is 448 g/mol. The summed E-state index contributed by atoms with van der Waals surface area (Å²) in [5.41, 5.74) is 3.91. The molecule has 0 aliphatic heterocycles. The van der Waals surface area contributed by atoms with Crippen molar-refractivity contribution in [2.24, 2.45) is 5.10 Å². The molecule has 0 spiro atoms. The normalized spacial score (nSPS) is 11.9. The molecule has 0 unspecified atom stereocenters. The lowest BCUT2D eigenvalue weighted by molar-refractivity contribution is -0.120. The number of para-hydroxylation sites is 1. The maximum Gasteiger partial charge on any atom is 0.253 e. The molecule has 8 nitrogen and oxygen atoms in total. The third kappa shape index (κ3) is 6.35. The Morgan fingerprint density at radius 2 is 2.03 bits per heavy atom. The lowest BCUT2D eigenvalue weighted by Gasteiger charge is -2.12. The molecule has 0 saturated carbocycles. The van der Waals surface area contributed by atoms with E-state index in [4.69, 9.17) is 11.6 Å². The van der Waals surface area contributed by atoms with Crippen LogP contribution in [0.3, 0.4) is 0 Å². The van der Waals surface area contributed by atoms with Crippen LogP contribution >= 0.6 is 23.4 Å². The third-order valence-electron chi connectivity index (χ3n) is 4.37. The minimum atomic E-state index is -0.471. The molecule has 1 atom stereocenters. The van der Waals surface area contributed by atoms with Crippen LogP contribution in [-0.4, -0.2) is 37.2 Å². The minimum absolute atomic E-state index is 0.0881. The molecule has 32 heavy (non-hydrogen) atoms. The van der Waals surface area contributed by atoms with Crippen molar-refractivity contribution in [2.75, 3.05) is 5.32 Å². The van der Waals surface area contributed by atoms with E-state index < -0.39 is 5.25 Å². The number of amides is 1. The molecule has 0 bridgehead atoms. The zero-order valence-corrected chi connectivity index (χ0v) is 19.0. The molecule has 3 N–H and O–H groups in total. The average molecular weight is 471 g/mol. The number of anilines is 1. The highest BCUT2D eigenvalue weighted by atomic mass is 35.5. The second kappa shape index (κ2) is 11.4. The number of hydrogen-bond donors (Lipinski definition) is 3. The first-order valence-corrected chi connectivity index (χ1v) is 11.0. The van der Waals surface area contributed by atoms with E-state index in [1.807, 2.05) is 28.8 Å². The number of phenolic OH excluding ortho intramolecular Hbond substituents is 1. The van der Waals surface area contributed by atoms with Crippen LogP contribution in [0.1, 0.15) is 18.3 Å². The number of aromatic nitrogens is 3. The van der Waals surface area contributed by atoms with Gasteiger partial charge in [-0.05, 0) is 43.3 Å². The van der Waals surface area contributed by atoms with E-state index in [9.17, 15) is 9.90 Å². The number of aromatic hydroxyl groups is 1. The van der Waals surface area contributed by atoms with Crippen LogP contribution < -0.4 is 10.7 Å². The molecule has 2 aromatic carbocycles. The molecule has 0 aliphatic rings. The first-order valence-electron chi connectivity index (χ1n) is 9.78. The maximum atomic E-state index is 12.4. The van der Waals surface area contributed by atoms with Crippen LogP contribution in [0.15, 0.2) is 71.4 Å². The van der Waals surface area contributed by atoms with Gasteiger partial charge in [-0.15, -0.1) is 16.8 Å². The summed E-state index contributed by atoms with van der Waals surface area (Å²) in [6, 6.07) is 14.1. The van der Waals surface area contributed by atoms with Crippen molar-refractivity contribution in [3.8, 4) is 5.75 Å². The Morgan fingerprint density at radius 3 is 2.75 bits per heavy atom. The summed E-state index contributed by atoms with van der Waals surface area (Å²) >= 11 is 7.20. The molecule has 0 saturated heterocycles. The number of carbonyl (C=O) groups excluding carboxylic acids is 1. The quantitative estimate of drug-likeness (QED) is 0.178. The molecular formula is C22H23ClN6O2S. The van der Waals surface area contributed by atoms with Gasteiger partial charge in [0.05, 0.1) is 18.0 Å². The third-order valence-corrected chi connectivity index (χ3v) is 5.70. The van der Waals surface area contributed by atoms with Gasteiger partial charge in [-0.2, -0.15) is 5.10 Å². The van der Waals surface area contributed by atoms with Gasteiger partial charge in [-0.3, -0.25) is 4.79 Å². The number of allylic oxidation sites excluding steroid dienone is 1. The molecule has 0 radical (unpaired) electrons. The van der Waals surface area contributed by atoms with Crippen LogP contribution in [-0.2, 0) is 17.9 Å². The Labute approximate surface area is 195 Å². The van der Waals surface area contributed by atoms with Crippen molar-refractivity contribution in [1.82, 2.24) is 20.2 Å². The predicted octanol–water partition coefficient (Wildman–Crippen LogP) is 4.07. The molecule has 1 heterocycles. The number of thioether (sulfide) groups is 1. The minimum Gasteiger partial charge on any atom is -0.507 e. The zero-order valence-electron chi connectivity index (χ0n) is 17.4. The van der Waals surface area contributed by atoms with Crippen molar-refractivity contribution in [1.29, 1.82) is 0 Å². The number of hydrogen-bond acceptors (Lipinski definition) is 7. The number of hydrazone groups is 1. The van der Waals surface area contributed by atoms with Crippen LogP contribution in [0.4, 0.5) is 5.69 Å². The number of nitrogens with one attached hydrogen (secondary N) is 2. The van der Waals surface area contributed by atoms with E-state index in [0.29, 0.717) is 34.7 Å². The van der Waals surface area contributed by atoms with Gasteiger partial charge in [0.15, 0.2) is 11.0 Å². The van der Waals surface area contributed by atoms with Crippen molar-refractivity contribution < 1.29 is 9.90 Å². The fraction of sp³-hybridized carbons (Fsp3) is 0.182. The van der Waals surface area contributed by atoms with E-state index in [2.05, 4.69) is 32.6 Å². The summed E-state index contributed by atoms with van der Waals surface area (Å²) in [7, 11) is 0. The van der Waals surface area contributed by atoms with Gasteiger partial charge in [0, 0.05) is 22.8 Å². The lowest BCUT2D eigenvalue weighted by Crippen LogP contribution is -2.27. The molecule has 3 aromatic rings. The van der Waals surface area contributed by atoms with E-state index >= 15 is 0 Å². The van der Waals surface area contributed by atoms with Gasteiger partial charge in [0.1, 0.15) is 5.75 Å². The number of phenols is 1. The Kier molecular flexibility index (Phi) is 8.29. The van der Waals surface area contributed by atoms with Gasteiger partial charge >= 0.3 is 0 Å². The number of rotatable bonds is 10. The van der Waals surface area contributed by atoms with Crippen molar-refractivity contribution in [2.45, 2.75) is 30.4 Å². The average Bonchev–Trinajstić information content (AvgIpc) is 3.16. The monoisotopic (exact) mass is 470 g/mol. The number of halogens is 1. The van der Waals surface area contributed by atoms with E-state index in [0.717, 1.165) is 5.69 Å². The molecule has 10 heteroatoms. The number of benzene rings is 2. The molecule has 0 fully saturated rings. The largest absolute Gasteiger partial charge is 0.507 e. The number of nitrogens with zero attached hydrogens (tertiary/aromatic N) is 4. The van der Waals surface area contributed by atoms with Gasteiger partial charge in [0.2, 0.25) is 0 Å². The lowest BCUT2D eigenvalue weighted by atomic mass is 10.2. The fourth-order valence-electron chi connectivity index (χ4n) is 2.66. The van der Waals surface area contributed by atoms with Crippen molar-refractivity contribution in [3.05, 3.63) is 77.6 Å². The maximum absolute atomic E-state index is 12.4. The SMILES string of the molecule is C=CCn1c(CNc2ccc(Cl)cc2)nnc1S[C@@H](C)C(=O)NN=Cc1ccccc1O. The molecule has 1 aromatic heterocycles. The highest BCUT2D eigenvalue weighted by Gasteiger charge is 2.19. The van der Waals surface area contributed by atoms with Crippen LogP contribution in [0, 0.1) is 0 Å². The summed E-state index contributed by atoms with van der Waals surface area (Å²) in [6.45, 7) is 6.51. The van der Waals surface area contributed by atoms with Crippen LogP contribution in [0.25, 0.3) is 0 Å². The fourth-order valence-corrected chi connectivity index (χ4v) is 3.66. The smallest absolute Gasteiger partial charge is 0.253 e. The molecule has 1 amide bonds. The highest BCUT2D eigenvalue weighted by Crippen LogP contribution is 2.23. The Balaban J connectivity index is 1.61. The summed E-state index contributed by atoms with van der Waals surface area (Å²) in [5.74, 6) is 0.508. The van der Waals surface area contributed by atoms with Gasteiger partial charge in [0.25, 0.3) is 5.91 Å². The van der Waals surface area contributed by atoms with Gasteiger partial charge < -0.3 is 15.0 Å².